The van der Waals surface area contributed by atoms with Crippen LogP contribution in [-0.4, -0.2) is 30.0 Å². The minimum Gasteiger partial charge on any atom is -0.314 e. The van der Waals surface area contributed by atoms with E-state index in [0.717, 1.165) is 12.3 Å². The zero-order valence-corrected chi connectivity index (χ0v) is 12.9. The van der Waals surface area contributed by atoms with E-state index in [2.05, 4.69) is 4.98 Å². The Bertz CT molecular complexity index is 815. The zero-order valence-electron chi connectivity index (χ0n) is 11.3. The first-order valence-corrected chi connectivity index (χ1v) is 8.17. The molecule has 0 unspecified atom stereocenters. The predicted octanol–water partition coefficient (Wildman–Crippen LogP) is 2.27. The SMILES string of the molecule is Cc1cc(C(=O)Cn2ccnc2S(C)(=O)=O)c(Cl)cc1F. The highest BCUT2D eigenvalue weighted by Gasteiger charge is 2.19. The third-order valence-electron chi connectivity index (χ3n) is 2.87. The molecule has 1 heterocycles. The number of aromatic nitrogens is 2. The Morgan fingerprint density at radius 2 is 2.10 bits per heavy atom. The van der Waals surface area contributed by atoms with E-state index in [1.807, 2.05) is 0 Å². The van der Waals surface area contributed by atoms with E-state index in [9.17, 15) is 17.6 Å². The van der Waals surface area contributed by atoms with Gasteiger partial charge in [-0.15, -0.1) is 0 Å². The number of Topliss-reactive ketones (excluding diaryl/α,β-unsaturated/α-hetero) is 1. The molecule has 5 nitrogen and oxygen atoms in total. The van der Waals surface area contributed by atoms with E-state index >= 15 is 0 Å². The van der Waals surface area contributed by atoms with Crippen LogP contribution in [0, 0.1) is 12.7 Å². The van der Waals surface area contributed by atoms with Crippen molar-refractivity contribution in [3.05, 3.63) is 46.5 Å². The van der Waals surface area contributed by atoms with E-state index in [4.69, 9.17) is 11.6 Å². The van der Waals surface area contributed by atoms with E-state index in [-0.39, 0.29) is 27.9 Å². The molecule has 0 fully saturated rings. The van der Waals surface area contributed by atoms with E-state index in [1.54, 1.807) is 0 Å². The fraction of sp³-hybridized carbons (Fsp3) is 0.231. The van der Waals surface area contributed by atoms with Gasteiger partial charge in [0.2, 0.25) is 15.0 Å². The molecular weight excluding hydrogens is 319 g/mol. The average molecular weight is 331 g/mol. The molecule has 2 aromatic rings. The van der Waals surface area contributed by atoms with Crippen LogP contribution in [-0.2, 0) is 16.4 Å². The minimum atomic E-state index is -3.54. The number of ketones is 1. The summed E-state index contributed by atoms with van der Waals surface area (Å²) in [5, 5.41) is -0.213. The summed E-state index contributed by atoms with van der Waals surface area (Å²) in [7, 11) is -3.54. The number of nitrogens with zero attached hydrogens (tertiary/aromatic N) is 2. The molecule has 0 bridgehead atoms. The molecule has 0 saturated heterocycles. The third-order valence-corrected chi connectivity index (χ3v) is 4.19. The van der Waals surface area contributed by atoms with E-state index < -0.39 is 21.4 Å². The number of hydrogen-bond acceptors (Lipinski definition) is 4. The molecule has 0 radical (unpaired) electrons. The number of carbonyl (C=O) groups is 1. The molecular formula is C13H12ClFN2O3S. The van der Waals surface area contributed by atoms with Crippen LogP contribution >= 0.6 is 11.6 Å². The zero-order chi connectivity index (χ0) is 15.8. The maximum atomic E-state index is 13.3. The van der Waals surface area contributed by atoms with Crippen LogP contribution in [0.15, 0.2) is 29.7 Å². The van der Waals surface area contributed by atoms with Gasteiger partial charge in [-0.2, -0.15) is 0 Å². The molecule has 112 valence electrons. The first-order valence-electron chi connectivity index (χ1n) is 5.90. The summed E-state index contributed by atoms with van der Waals surface area (Å²) >= 11 is 5.86. The van der Waals surface area contributed by atoms with Gasteiger partial charge in [-0.1, -0.05) is 11.6 Å². The van der Waals surface area contributed by atoms with Crippen LogP contribution in [0.25, 0.3) is 0 Å². The van der Waals surface area contributed by atoms with Crippen molar-refractivity contribution in [1.82, 2.24) is 9.55 Å². The smallest absolute Gasteiger partial charge is 0.227 e. The second-order valence-corrected chi connectivity index (χ2v) is 6.93. The van der Waals surface area contributed by atoms with Gasteiger partial charge >= 0.3 is 0 Å². The van der Waals surface area contributed by atoms with Crippen molar-refractivity contribution in [2.24, 2.45) is 0 Å². The van der Waals surface area contributed by atoms with Gasteiger partial charge in [-0.05, 0) is 24.6 Å². The number of aryl methyl sites for hydroxylation is 1. The van der Waals surface area contributed by atoms with Crippen molar-refractivity contribution in [2.45, 2.75) is 18.6 Å². The molecule has 21 heavy (non-hydrogen) atoms. The number of imidazole rings is 1. The second kappa shape index (κ2) is 5.57. The summed E-state index contributed by atoms with van der Waals surface area (Å²) in [6, 6.07) is 2.41. The number of benzene rings is 1. The van der Waals surface area contributed by atoms with Gasteiger partial charge in [0.1, 0.15) is 5.82 Å². The van der Waals surface area contributed by atoms with Crippen LogP contribution in [0.2, 0.25) is 5.02 Å². The Morgan fingerprint density at radius 1 is 1.43 bits per heavy atom. The van der Waals surface area contributed by atoms with Crippen LogP contribution in [0.4, 0.5) is 4.39 Å². The summed E-state index contributed by atoms with van der Waals surface area (Å²) in [5.41, 5.74) is 0.431. The summed E-state index contributed by atoms with van der Waals surface area (Å²) in [4.78, 5) is 15.9. The minimum absolute atomic E-state index is 0.0101. The van der Waals surface area contributed by atoms with Crippen molar-refractivity contribution in [1.29, 1.82) is 0 Å². The quantitative estimate of drug-likeness (QED) is 0.806. The second-order valence-electron chi connectivity index (χ2n) is 4.61. The topological polar surface area (TPSA) is 69.0 Å². The van der Waals surface area contributed by atoms with Crippen LogP contribution < -0.4 is 0 Å². The average Bonchev–Trinajstić information content (AvgIpc) is 2.81. The lowest BCUT2D eigenvalue weighted by Crippen LogP contribution is -2.15. The number of hydrogen-bond donors (Lipinski definition) is 0. The van der Waals surface area contributed by atoms with Gasteiger partial charge in [0.05, 0.1) is 11.6 Å². The van der Waals surface area contributed by atoms with Crippen molar-refractivity contribution in [3.8, 4) is 0 Å². The van der Waals surface area contributed by atoms with Gasteiger partial charge < -0.3 is 4.57 Å². The van der Waals surface area contributed by atoms with Crippen molar-refractivity contribution < 1.29 is 17.6 Å². The molecule has 1 aromatic heterocycles. The molecule has 2 rings (SSSR count). The Kier molecular flexibility index (Phi) is 4.15. The highest BCUT2D eigenvalue weighted by atomic mass is 35.5. The Hall–Kier alpha value is -1.73. The molecule has 0 aliphatic rings. The fourth-order valence-corrected chi connectivity index (χ4v) is 2.91. The van der Waals surface area contributed by atoms with Crippen molar-refractivity contribution >= 4 is 27.2 Å². The van der Waals surface area contributed by atoms with Crippen molar-refractivity contribution in [3.63, 3.8) is 0 Å². The van der Waals surface area contributed by atoms with Gasteiger partial charge in [-0.25, -0.2) is 17.8 Å². The molecule has 0 spiro atoms. The maximum absolute atomic E-state index is 13.3. The van der Waals surface area contributed by atoms with Gasteiger partial charge in [0, 0.05) is 24.2 Å². The van der Waals surface area contributed by atoms with Crippen LogP contribution in [0.5, 0.6) is 0 Å². The highest BCUT2D eigenvalue weighted by Crippen LogP contribution is 2.21. The van der Waals surface area contributed by atoms with Crippen molar-refractivity contribution in [2.75, 3.05) is 6.26 Å². The highest BCUT2D eigenvalue weighted by molar-refractivity contribution is 7.90. The third kappa shape index (κ3) is 3.30. The largest absolute Gasteiger partial charge is 0.314 e. The number of halogens is 2. The molecule has 0 aliphatic carbocycles. The van der Waals surface area contributed by atoms with Crippen LogP contribution in [0.1, 0.15) is 15.9 Å². The van der Waals surface area contributed by atoms with E-state index in [1.165, 1.54) is 30.0 Å². The van der Waals surface area contributed by atoms with Crippen LogP contribution in [0.3, 0.4) is 0 Å². The first kappa shape index (κ1) is 15.7. The number of rotatable bonds is 4. The number of carbonyl (C=O) groups excluding carboxylic acids is 1. The molecule has 0 N–H and O–H groups in total. The molecule has 8 heteroatoms. The molecule has 0 amide bonds. The Morgan fingerprint density at radius 3 is 2.71 bits per heavy atom. The lowest BCUT2D eigenvalue weighted by atomic mass is 10.1. The number of sulfone groups is 1. The molecule has 1 aromatic carbocycles. The lowest BCUT2D eigenvalue weighted by Gasteiger charge is -2.08. The van der Waals surface area contributed by atoms with E-state index in [0.29, 0.717) is 0 Å². The fourth-order valence-electron chi connectivity index (χ4n) is 1.86. The summed E-state index contributed by atoms with van der Waals surface area (Å²) in [6.07, 6.45) is 3.69. The summed E-state index contributed by atoms with van der Waals surface area (Å²) in [6.45, 7) is 1.27. The normalized spacial score (nSPS) is 11.6. The summed E-state index contributed by atoms with van der Waals surface area (Å²) in [5.74, 6) is -0.929. The maximum Gasteiger partial charge on any atom is 0.227 e. The summed E-state index contributed by atoms with van der Waals surface area (Å²) < 4.78 is 37.6. The standard InChI is InChI=1S/C13H12ClFN2O3S/c1-8-5-9(10(14)6-11(8)15)12(18)7-17-4-3-16-13(17)21(2,19)20/h3-6H,7H2,1-2H3. The Labute approximate surface area is 126 Å². The van der Waals surface area contributed by atoms with Gasteiger partial charge in [-0.3, -0.25) is 4.79 Å². The monoisotopic (exact) mass is 330 g/mol. The predicted molar refractivity (Wildman–Crippen MR) is 75.8 cm³/mol. The van der Waals surface area contributed by atoms with Gasteiger partial charge in [0.25, 0.3) is 0 Å². The molecule has 0 aliphatic heterocycles. The Balaban J connectivity index is 2.36. The molecule has 0 atom stereocenters. The van der Waals surface area contributed by atoms with Gasteiger partial charge in [0.15, 0.2) is 5.78 Å². The lowest BCUT2D eigenvalue weighted by molar-refractivity contribution is 0.0969. The first-order chi connectivity index (χ1) is 9.70. The molecule has 0 saturated carbocycles.